The third-order valence-corrected chi connectivity index (χ3v) is 5.29. The summed E-state index contributed by atoms with van der Waals surface area (Å²) in [5.41, 5.74) is 3.24. The summed E-state index contributed by atoms with van der Waals surface area (Å²) < 4.78 is 5.71. The number of hydrogen-bond donors (Lipinski definition) is 1. The zero-order valence-electron chi connectivity index (χ0n) is 18.6. The van der Waals surface area contributed by atoms with Crippen molar-refractivity contribution < 1.29 is 19.1 Å². The molecule has 1 atom stereocenters. The molecular weight excluding hydrogens is 426 g/mol. The number of rotatable bonds is 7. The fourth-order valence-corrected chi connectivity index (χ4v) is 3.46. The number of nitrogens with one attached hydrogen (secondary N) is 1. The van der Waals surface area contributed by atoms with Crippen molar-refractivity contribution in [3.8, 4) is 0 Å². The van der Waals surface area contributed by atoms with Crippen LogP contribution in [-0.2, 0) is 4.74 Å². The monoisotopic (exact) mass is 449 g/mol. The van der Waals surface area contributed by atoms with Crippen molar-refractivity contribution in [3.63, 3.8) is 0 Å². The largest absolute Gasteiger partial charge is 0.445 e. The Balaban J connectivity index is 1.56. The van der Waals surface area contributed by atoms with Gasteiger partial charge in [0.05, 0.1) is 5.56 Å². The molecule has 0 saturated heterocycles. The second kappa shape index (κ2) is 10.4. The lowest BCUT2D eigenvalue weighted by Crippen LogP contribution is -2.20. The standard InChI is InChI=1S/C29H23NO4/c1-20-15-17-21(18-16-20)26(31)27(22-9-4-2-5-10-22)34-29(33)24-13-8-14-25(19-24)30-28(32)23-11-6-3-7-12-23/h2-19,27H,1H3,(H,30,32)/t27-/m1/s1. The maximum Gasteiger partial charge on any atom is 0.339 e. The van der Waals surface area contributed by atoms with Crippen LogP contribution < -0.4 is 5.32 Å². The Kier molecular flexibility index (Phi) is 6.94. The van der Waals surface area contributed by atoms with E-state index in [2.05, 4.69) is 5.32 Å². The summed E-state index contributed by atoms with van der Waals surface area (Å²) in [6.45, 7) is 1.94. The number of hydrogen-bond acceptors (Lipinski definition) is 4. The average Bonchev–Trinajstić information content (AvgIpc) is 2.88. The first-order valence-electron chi connectivity index (χ1n) is 10.8. The molecule has 4 aromatic carbocycles. The highest BCUT2D eigenvalue weighted by Crippen LogP contribution is 2.25. The van der Waals surface area contributed by atoms with Crippen molar-refractivity contribution in [2.45, 2.75) is 13.0 Å². The number of carbonyl (C=O) groups is 3. The number of carbonyl (C=O) groups excluding carboxylic acids is 3. The summed E-state index contributed by atoms with van der Waals surface area (Å²) in [5, 5.41) is 2.78. The van der Waals surface area contributed by atoms with Gasteiger partial charge in [0, 0.05) is 22.4 Å². The van der Waals surface area contributed by atoms with Crippen LogP contribution in [0.3, 0.4) is 0 Å². The number of amides is 1. The van der Waals surface area contributed by atoms with E-state index in [1.165, 1.54) is 6.07 Å². The molecule has 0 radical (unpaired) electrons. The lowest BCUT2D eigenvalue weighted by molar-refractivity contribution is 0.0280. The van der Waals surface area contributed by atoms with E-state index in [9.17, 15) is 14.4 Å². The van der Waals surface area contributed by atoms with Crippen LogP contribution in [-0.4, -0.2) is 17.7 Å². The molecule has 1 N–H and O–H groups in total. The van der Waals surface area contributed by atoms with Crippen LogP contribution in [0.1, 0.15) is 48.3 Å². The summed E-state index contributed by atoms with van der Waals surface area (Å²) >= 11 is 0. The lowest BCUT2D eigenvalue weighted by Gasteiger charge is -2.18. The summed E-state index contributed by atoms with van der Waals surface area (Å²) in [6, 6.07) is 31.3. The van der Waals surface area contributed by atoms with Crippen LogP contribution in [0, 0.1) is 6.92 Å². The molecule has 34 heavy (non-hydrogen) atoms. The van der Waals surface area contributed by atoms with Crippen molar-refractivity contribution >= 4 is 23.3 Å². The number of aryl methyl sites for hydroxylation is 1. The van der Waals surface area contributed by atoms with Gasteiger partial charge in [-0.05, 0) is 37.3 Å². The molecule has 0 bridgehead atoms. The molecule has 0 fully saturated rings. The average molecular weight is 450 g/mol. The van der Waals surface area contributed by atoms with E-state index < -0.39 is 12.1 Å². The molecular formula is C29H23NO4. The molecule has 0 aliphatic carbocycles. The third-order valence-electron chi connectivity index (χ3n) is 5.29. The summed E-state index contributed by atoms with van der Waals surface area (Å²) in [7, 11) is 0. The molecule has 168 valence electrons. The zero-order valence-corrected chi connectivity index (χ0v) is 18.6. The number of benzene rings is 4. The zero-order chi connectivity index (χ0) is 23.9. The van der Waals surface area contributed by atoms with Gasteiger partial charge in [0.25, 0.3) is 5.91 Å². The second-order valence-electron chi connectivity index (χ2n) is 7.83. The maximum atomic E-state index is 13.3. The Hall–Kier alpha value is -4.51. The van der Waals surface area contributed by atoms with Gasteiger partial charge >= 0.3 is 5.97 Å². The van der Waals surface area contributed by atoms with E-state index in [0.717, 1.165) is 5.56 Å². The predicted molar refractivity (Wildman–Crippen MR) is 131 cm³/mol. The van der Waals surface area contributed by atoms with Crippen LogP contribution in [0.25, 0.3) is 0 Å². The molecule has 0 aliphatic heterocycles. The minimum atomic E-state index is -1.10. The van der Waals surface area contributed by atoms with Gasteiger partial charge in [-0.1, -0.05) is 84.4 Å². The molecule has 0 heterocycles. The van der Waals surface area contributed by atoms with Crippen molar-refractivity contribution in [3.05, 3.63) is 137 Å². The number of esters is 1. The number of Topliss-reactive ketones (excluding diaryl/α,β-unsaturated/α-hetero) is 1. The van der Waals surface area contributed by atoms with Gasteiger partial charge in [0.1, 0.15) is 0 Å². The minimum absolute atomic E-state index is 0.225. The number of ketones is 1. The summed E-state index contributed by atoms with van der Waals surface area (Å²) in [4.78, 5) is 38.8. The number of ether oxygens (including phenoxy) is 1. The first-order chi connectivity index (χ1) is 16.5. The van der Waals surface area contributed by atoms with E-state index in [4.69, 9.17) is 4.74 Å². The van der Waals surface area contributed by atoms with E-state index in [-0.39, 0.29) is 17.3 Å². The van der Waals surface area contributed by atoms with E-state index in [1.807, 2.05) is 31.2 Å². The van der Waals surface area contributed by atoms with Gasteiger partial charge < -0.3 is 10.1 Å². The van der Waals surface area contributed by atoms with E-state index in [0.29, 0.717) is 22.4 Å². The molecule has 5 nitrogen and oxygen atoms in total. The molecule has 5 heteroatoms. The van der Waals surface area contributed by atoms with Crippen molar-refractivity contribution in [1.29, 1.82) is 0 Å². The second-order valence-corrected chi connectivity index (χ2v) is 7.83. The van der Waals surface area contributed by atoms with Gasteiger partial charge in [-0.3, -0.25) is 9.59 Å². The fourth-order valence-electron chi connectivity index (χ4n) is 3.46. The smallest absolute Gasteiger partial charge is 0.339 e. The molecule has 4 rings (SSSR count). The Morgan fingerprint density at radius 3 is 1.97 bits per heavy atom. The highest BCUT2D eigenvalue weighted by molar-refractivity contribution is 6.05. The number of anilines is 1. The molecule has 0 saturated carbocycles. The fraction of sp³-hybridized carbons (Fsp3) is 0.0690. The summed E-state index contributed by atoms with van der Waals surface area (Å²) in [5.74, 6) is -1.26. The SMILES string of the molecule is Cc1ccc(C(=O)[C@H](OC(=O)c2cccc(NC(=O)c3ccccc3)c2)c2ccccc2)cc1. The Labute approximate surface area is 198 Å². The van der Waals surface area contributed by atoms with Gasteiger partial charge in [0.15, 0.2) is 6.10 Å². The Morgan fingerprint density at radius 1 is 0.676 bits per heavy atom. The van der Waals surface area contributed by atoms with Crippen molar-refractivity contribution in [2.24, 2.45) is 0 Å². The molecule has 0 aromatic heterocycles. The topological polar surface area (TPSA) is 72.5 Å². The molecule has 0 unspecified atom stereocenters. The molecule has 1 amide bonds. The van der Waals surface area contributed by atoms with Crippen LogP contribution in [0.5, 0.6) is 0 Å². The minimum Gasteiger partial charge on any atom is -0.445 e. The predicted octanol–water partition coefficient (Wildman–Crippen LogP) is 6.03. The van der Waals surface area contributed by atoms with Gasteiger partial charge in [-0.2, -0.15) is 0 Å². The van der Waals surface area contributed by atoms with Gasteiger partial charge in [0.2, 0.25) is 5.78 Å². The van der Waals surface area contributed by atoms with Crippen LogP contribution in [0.4, 0.5) is 5.69 Å². The Morgan fingerprint density at radius 2 is 1.29 bits per heavy atom. The first-order valence-corrected chi connectivity index (χ1v) is 10.8. The van der Waals surface area contributed by atoms with Crippen LogP contribution >= 0.6 is 0 Å². The van der Waals surface area contributed by atoms with Gasteiger partial charge in [-0.15, -0.1) is 0 Å². The molecule has 4 aromatic rings. The maximum absolute atomic E-state index is 13.3. The molecule has 0 aliphatic rings. The highest BCUT2D eigenvalue weighted by atomic mass is 16.5. The van der Waals surface area contributed by atoms with Gasteiger partial charge in [-0.25, -0.2) is 4.79 Å². The Bertz CT molecular complexity index is 1300. The van der Waals surface area contributed by atoms with Crippen LogP contribution in [0.15, 0.2) is 109 Å². The van der Waals surface area contributed by atoms with E-state index in [1.54, 1.807) is 78.9 Å². The first kappa shape index (κ1) is 22.7. The molecule has 0 spiro atoms. The lowest BCUT2D eigenvalue weighted by atomic mass is 9.99. The van der Waals surface area contributed by atoms with Crippen LogP contribution in [0.2, 0.25) is 0 Å². The normalized spacial score (nSPS) is 11.3. The third kappa shape index (κ3) is 5.45. The van der Waals surface area contributed by atoms with E-state index >= 15 is 0 Å². The van der Waals surface area contributed by atoms with Crippen molar-refractivity contribution in [2.75, 3.05) is 5.32 Å². The summed E-state index contributed by atoms with van der Waals surface area (Å²) in [6.07, 6.45) is -1.10. The quantitative estimate of drug-likeness (QED) is 0.276. The van der Waals surface area contributed by atoms with Crippen molar-refractivity contribution in [1.82, 2.24) is 0 Å². The highest BCUT2D eigenvalue weighted by Gasteiger charge is 2.27.